The molecule has 4 heteroatoms. The van der Waals surface area contributed by atoms with Crippen LogP contribution in [0.5, 0.6) is 0 Å². The van der Waals surface area contributed by atoms with Crippen molar-refractivity contribution in [2.75, 3.05) is 13.1 Å². The second kappa shape index (κ2) is 6.36. The molecule has 1 heterocycles. The minimum atomic E-state index is -0.0493. The number of hydrogen-bond donors (Lipinski definition) is 2. The zero-order valence-corrected chi connectivity index (χ0v) is 11.5. The summed E-state index contributed by atoms with van der Waals surface area (Å²) in [6.45, 7) is 8.65. The summed E-state index contributed by atoms with van der Waals surface area (Å²) in [5.74, 6) is 5.19. The van der Waals surface area contributed by atoms with Crippen LogP contribution < -0.4 is 11.3 Å². The quantitative estimate of drug-likeness (QED) is 0.437. The molecule has 1 rings (SSSR count). The maximum absolute atomic E-state index is 11.7. The van der Waals surface area contributed by atoms with Crippen LogP contribution in [0.15, 0.2) is 0 Å². The van der Waals surface area contributed by atoms with Gasteiger partial charge in [0.1, 0.15) is 0 Å². The van der Waals surface area contributed by atoms with Crippen molar-refractivity contribution >= 4 is 5.91 Å². The van der Waals surface area contributed by atoms with E-state index in [-0.39, 0.29) is 11.9 Å². The number of nitrogens with two attached hydrogens (primary N) is 1. The van der Waals surface area contributed by atoms with Gasteiger partial charge in [0.25, 0.3) is 5.91 Å². The largest absolute Gasteiger partial charge is 0.293 e. The average molecular weight is 241 g/mol. The van der Waals surface area contributed by atoms with Crippen LogP contribution in [0.4, 0.5) is 0 Å². The molecule has 0 radical (unpaired) electrons. The Labute approximate surface area is 105 Å². The van der Waals surface area contributed by atoms with Gasteiger partial charge >= 0.3 is 0 Å². The van der Waals surface area contributed by atoms with Gasteiger partial charge in [0.2, 0.25) is 0 Å². The molecule has 0 aliphatic carbocycles. The van der Waals surface area contributed by atoms with Gasteiger partial charge < -0.3 is 0 Å². The van der Waals surface area contributed by atoms with E-state index in [2.05, 4.69) is 24.2 Å². The van der Waals surface area contributed by atoms with E-state index in [9.17, 15) is 4.79 Å². The SMILES string of the molecule is CCC(C(=O)NN)N1CCC(CC)(CC)CC1. The monoisotopic (exact) mass is 241 g/mol. The fraction of sp³-hybridized carbons (Fsp3) is 0.923. The molecule has 0 aromatic rings. The highest BCUT2D eigenvalue weighted by Crippen LogP contribution is 2.38. The molecule has 1 aliphatic rings. The molecule has 0 aromatic carbocycles. The number of piperidine rings is 1. The lowest BCUT2D eigenvalue weighted by atomic mass is 9.74. The van der Waals surface area contributed by atoms with Crippen LogP contribution in [0.25, 0.3) is 0 Å². The van der Waals surface area contributed by atoms with Crippen LogP contribution in [-0.4, -0.2) is 29.9 Å². The number of nitrogens with one attached hydrogen (secondary N) is 1. The van der Waals surface area contributed by atoms with Crippen molar-refractivity contribution in [3.63, 3.8) is 0 Å². The van der Waals surface area contributed by atoms with Crippen molar-refractivity contribution in [3.05, 3.63) is 0 Å². The maximum Gasteiger partial charge on any atom is 0.251 e. The molecular weight excluding hydrogens is 214 g/mol. The highest BCUT2D eigenvalue weighted by atomic mass is 16.2. The molecule has 1 fully saturated rings. The molecular formula is C13H27N3O. The molecule has 100 valence electrons. The van der Waals surface area contributed by atoms with Gasteiger partial charge in [0.15, 0.2) is 0 Å². The third-order valence-corrected chi connectivity index (χ3v) is 4.63. The number of rotatable bonds is 5. The van der Waals surface area contributed by atoms with Crippen LogP contribution in [0.3, 0.4) is 0 Å². The third-order valence-electron chi connectivity index (χ3n) is 4.63. The lowest BCUT2D eigenvalue weighted by Gasteiger charge is -2.43. The van der Waals surface area contributed by atoms with Crippen LogP contribution in [0.2, 0.25) is 0 Å². The fourth-order valence-corrected chi connectivity index (χ4v) is 2.97. The molecule has 0 aromatic heterocycles. The van der Waals surface area contributed by atoms with Crippen molar-refractivity contribution < 1.29 is 4.79 Å². The Kier molecular flexibility index (Phi) is 5.40. The Hall–Kier alpha value is -0.610. The average Bonchev–Trinajstić information content (AvgIpc) is 2.40. The molecule has 1 saturated heterocycles. The predicted octanol–water partition coefficient (Wildman–Crippen LogP) is 1.66. The van der Waals surface area contributed by atoms with E-state index in [4.69, 9.17) is 5.84 Å². The predicted molar refractivity (Wildman–Crippen MR) is 70.2 cm³/mol. The molecule has 0 spiro atoms. The summed E-state index contributed by atoms with van der Waals surface area (Å²) in [5.41, 5.74) is 2.79. The molecule has 1 unspecified atom stereocenters. The lowest BCUT2D eigenvalue weighted by Crippen LogP contribution is -2.52. The summed E-state index contributed by atoms with van der Waals surface area (Å²) in [5, 5.41) is 0. The number of carbonyl (C=O) groups is 1. The van der Waals surface area contributed by atoms with Crippen LogP contribution >= 0.6 is 0 Å². The van der Waals surface area contributed by atoms with E-state index in [1.807, 2.05) is 6.92 Å². The normalized spacial score (nSPS) is 22.1. The first-order valence-corrected chi connectivity index (χ1v) is 6.87. The Morgan fingerprint density at radius 2 is 1.82 bits per heavy atom. The minimum absolute atomic E-state index is 0.0482. The van der Waals surface area contributed by atoms with Crippen molar-refractivity contribution in [2.45, 2.75) is 58.9 Å². The molecule has 1 aliphatic heterocycles. The molecule has 17 heavy (non-hydrogen) atoms. The van der Waals surface area contributed by atoms with Crippen molar-refractivity contribution in [3.8, 4) is 0 Å². The number of hydrazine groups is 1. The third kappa shape index (κ3) is 3.19. The minimum Gasteiger partial charge on any atom is -0.293 e. The van der Waals surface area contributed by atoms with E-state index >= 15 is 0 Å². The summed E-state index contributed by atoms with van der Waals surface area (Å²) < 4.78 is 0. The first-order chi connectivity index (χ1) is 8.12. The van der Waals surface area contributed by atoms with Crippen molar-refractivity contribution in [1.82, 2.24) is 10.3 Å². The van der Waals surface area contributed by atoms with E-state index in [1.54, 1.807) is 0 Å². The zero-order chi connectivity index (χ0) is 12.9. The summed E-state index contributed by atoms with van der Waals surface area (Å²) >= 11 is 0. The highest BCUT2D eigenvalue weighted by molar-refractivity contribution is 5.81. The highest BCUT2D eigenvalue weighted by Gasteiger charge is 2.34. The summed E-state index contributed by atoms with van der Waals surface area (Å²) in [6.07, 6.45) is 5.73. The molecule has 1 amide bonds. The molecule has 4 nitrogen and oxygen atoms in total. The van der Waals surface area contributed by atoms with Crippen LogP contribution in [0, 0.1) is 5.41 Å². The number of nitrogens with zero attached hydrogens (tertiary/aromatic N) is 1. The van der Waals surface area contributed by atoms with E-state index in [0.29, 0.717) is 5.41 Å². The van der Waals surface area contributed by atoms with Gasteiger partial charge in [0, 0.05) is 0 Å². The topological polar surface area (TPSA) is 58.4 Å². The van der Waals surface area contributed by atoms with Gasteiger partial charge in [-0.05, 0) is 37.8 Å². The smallest absolute Gasteiger partial charge is 0.251 e. The van der Waals surface area contributed by atoms with E-state index in [0.717, 1.165) is 19.5 Å². The summed E-state index contributed by atoms with van der Waals surface area (Å²) in [7, 11) is 0. The van der Waals surface area contributed by atoms with E-state index in [1.165, 1.54) is 25.7 Å². The summed E-state index contributed by atoms with van der Waals surface area (Å²) in [4.78, 5) is 13.9. The standard InChI is InChI=1S/C13H27N3O/c1-4-11(12(17)15-14)16-9-7-13(5-2,6-3)8-10-16/h11H,4-10,14H2,1-3H3,(H,15,17). The Bertz CT molecular complexity index is 241. The first-order valence-electron chi connectivity index (χ1n) is 6.87. The molecule has 1 atom stereocenters. The zero-order valence-electron chi connectivity index (χ0n) is 11.5. The van der Waals surface area contributed by atoms with E-state index < -0.39 is 0 Å². The second-order valence-corrected chi connectivity index (χ2v) is 5.18. The Morgan fingerprint density at radius 3 is 2.18 bits per heavy atom. The van der Waals surface area contributed by atoms with Gasteiger partial charge in [-0.25, -0.2) is 5.84 Å². The van der Waals surface area contributed by atoms with Crippen LogP contribution in [-0.2, 0) is 4.79 Å². The maximum atomic E-state index is 11.7. The first kappa shape index (κ1) is 14.5. The summed E-state index contributed by atoms with van der Waals surface area (Å²) in [6, 6.07) is -0.0493. The lowest BCUT2D eigenvalue weighted by molar-refractivity contribution is -0.127. The Morgan fingerprint density at radius 1 is 1.29 bits per heavy atom. The van der Waals surface area contributed by atoms with Gasteiger partial charge in [-0.1, -0.05) is 33.6 Å². The van der Waals surface area contributed by atoms with Crippen molar-refractivity contribution in [2.24, 2.45) is 11.3 Å². The second-order valence-electron chi connectivity index (χ2n) is 5.18. The molecule has 0 bridgehead atoms. The molecule has 0 saturated carbocycles. The number of amides is 1. The van der Waals surface area contributed by atoms with Gasteiger partial charge in [-0.2, -0.15) is 0 Å². The molecule has 3 N–H and O–H groups in total. The number of likely N-dealkylation sites (tertiary alicyclic amines) is 1. The fourth-order valence-electron chi connectivity index (χ4n) is 2.97. The van der Waals surface area contributed by atoms with Crippen LogP contribution in [0.1, 0.15) is 52.9 Å². The van der Waals surface area contributed by atoms with Gasteiger partial charge in [-0.3, -0.25) is 15.1 Å². The van der Waals surface area contributed by atoms with Crippen molar-refractivity contribution in [1.29, 1.82) is 0 Å². The van der Waals surface area contributed by atoms with Gasteiger partial charge in [0.05, 0.1) is 6.04 Å². The Balaban J connectivity index is 2.58. The number of carbonyl (C=O) groups excluding carboxylic acids is 1. The van der Waals surface area contributed by atoms with Gasteiger partial charge in [-0.15, -0.1) is 0 Å². The number of hydrogen-bond acceptors (Lipinski definition) is 3.